The lowest BCUT2D eigenvalue weighted by Gasteiger charge is -2.15. The summed E-state index contributed by atoms with van der Waals surface area (Å²) in [7, 11) is 0. The second-order valence-electron chi connectivity index (χ2n) is 4.36. The molecule has 0 heterocycles. The van der Waals surface area contributed by atoms with Crippen molar-refractivity contribution in [2.75, 3.05) is 5.32 Å². The molecule has 0 aliphatic heterocycles. The van der Waals surface area contributed by atoms with Gasteiger partial charge in [-0.2, -0.15) is 0 Å². The minimum absolute atomic E-state index is 0.195. The summed E-state index contributed by atoms with van der Waals surface area (Å²) in [5.74, 6) is -0.518. The van der Waals surface area contributed by atoms with E-state index in [1.54, 1.807) is 6.92 Å². The second kappa shape index (κ2) is 4.07. The number of nitrogens with one attached hydrogen (secondary N) is 1. The van der Waals surface area contributed by atoms with E-state index in [0.717, 1.165) is 0 Å². The number of hydrogen-bond acceptors (Lipinski definition) is 2. The Morgan fingerprint density at radius 2 is 2.18 bits per heavy atom. The average Bonchev–Trinajstić information content (AvgIpc) is 3.02. The molecule has 0 radical (unpaired) electrons. The number of anilines is 1. The van der Waals surface area contributed by atoms with E-state index in [1.165, 1.54) is 18.2 Å². The van der Waals surface area contributed by atoms with Crippen molar-refractivity contribution < 1.29 is 9.18 Å². The molecule has 0 bridgehead atoms. The first-order chi connectivity index (χ1) is 7.95. The van der Waals surface area contributed by atoms with Crippen molar-refractivity contribution in [3.05, 3.63) is 29.6 Å². The van der Waals surface area contributed by atoms with Gasteiger partial charge < -0.3 is 11.1 Å². The van der Waals surface area contributed by atoms with Crippen LogP contribution in [0.4, 0.5) is 10.1 Å². The van der Waals surface area contributed by atoms with Crippen molar-refractivity contribution >= 4 is 28.8 Å². The molecule has 1 aromatic carbocycles. The molecule has 0 saturated heterocycles. The minimum atomic E-state index is -0.684. The topological polar surface area (TPSA) is 55.1 Å². The summed E-state index contributed by atoms with van der Waals surface area (Å²) in [6.07, 6.45) is 1.38. The van der Waals surface area contributed by atoms with E-state index >= 15 is 0 Å². The normalized spacial score (nSPS) is 16.4. The zero-order chi connectivity index (χ0) is 12.6. The van der Waals surface area contributed by atoms with Gasteiger partial charge in [-0.05, 0) is 43.5 Å². The number of hydrogen-bond donors (Lipinski definition) is 2. The van der Waals surface area contributed by atoms with Gasteiger partial charge in [0.15, 0.2) is 0 Å². The van der Waals surface area contributed by atoms with Gasteiger partial charge >= 0.3 is 0 Å². The summed E-state index contributed by atoms with van der Waals surface area (Å²) in [4.78, 5) is 12.2. The molecule has 1 aliphatic carbocycles. The van der Waals surface area contributed by atoms with Gasteiger partial charge in [0.1, 0.15) is 5.82 Å². The molecule has 0 atom stereocenters. The van der Waals surface area contributed by atoms with Crippen molar-refractivity contribution in [2.45, 2.75) is 19.8 Å². The molecular formula is C12H13FN2OS. The fourth-order valence-electron chi connectivity index (χ4n) is 1.72. The highest BCUT2D eigenvalue weighted by atomic mass is 32.1. The standard InChI is InChI=1S/C12H13FN2OS/c1-7-6-8(13)2-3-9(7)15-11(16)12(4-5-12)10(14)17/h2-3,6H,4-5H2,1H3,(H2,14,17)(H,15,16). The summed E-state index contributed by atoms with van der Waals surface area (Å²) in [6, 6.07) is 4.22. The Kier molecular flexibility index (Phi) is 2.87. The van der Waals surface area contributed by atoms with E-state index in [9.17, 15) is 9.18 Å². The van der Waals surface area contributed by atoms with Gasteiger partial charge in [-0.25, -0.2) is 4.39 Å². The molecule has 90 valence electrons. The highest BCUT2D eigenvalue weighted by Gasteiger charge is 2.52. The molecule has 3 nitrogen and oxygen atoms in total. The number of carbonyl (C=O) groups excluding carboxylic acids is 1. The third-order valence-corrected chi connectivity index (χ3v) is 3.48. The highest BCUT2D eigenvalue weighted by Crippen LogP contribution is 2.46. The van der Waals surface area contributed by atoms with Gasteiger partial charge in [0.25, 0.3) is 0 Å². The van der Waals surface area contributed by atoms with E-state index in [-0.39, 0.29) is 16.7 Å². The lowest BCUT2D eigenvalue weighted by Crippen LogP contribution is -2.35. The molecule has 1 saturated carbocycles. The van der Waals surface area contributed by atoms with E-state index in [2.05, 4.69) is 5.32 Å². The van der Waals surface area contributed by atoms with E-state index < -0.39 is 5.41 Å². The number of thiocarbonyl (C=S) groups is 1. The van der Waals surface area contributed by atoms with Crippen molar-refractivity contribution in [2.24, 2.45) is 11.1 Å². The molecule has 1 amide bonds. The van der Waals surface area contributed by atoms with Gasteiger partial charge in [-0.15, -0.1) is 0 Å². The third kappa shape index (κ3) is 2.15. The maximum atomic E-state index is 12.9. The number of nitrogens with two attached hydrogens (primary N) is 1. The molecule has 1 aliphatic rings. The summed E-state index contributed by atoms with van der Waals surface area (Å²) in [5, 5.41) is 2.75. The summed E-state index contributed by atoms with van der Waals surface area (Å²) in [6.45, 7) is 1.74. The van der Waals surface area contributed by atoms with Crippen LogP contribution in [0.2, 0.25) is 0 Å². The van der Waals surface area contributed by atoms with E-state index in [4.69, 9.17) is 18.0 Å². The predicted octanol–water partition coefficient (Wildman–Crippen LogP) is 2.14. The smallest absolute Gasteiger partial charge is 0.237 e. The molecule has 0 aromatic heterocycles. The summed E-state index contributed by atoms with van der Waals surface area (Å²) in [5.41, 5.74) is 6.15. The quantitative estimate of drug-likeness (QED) is 0.810. The first-order valence-corrected chi connectivity index (χ1v) is 5.74. The molecule has 2 rings (SSSR count). The van der Waals surface area contributed by atoms with Crippen LogP contribution in [-0.4, -0.2) is 10.9 Å². The van der Waals surface area contributed by atoms with Crippen LogP contribution in [0.15, 0.2) is 18.2 Å². The van der Waals surface area contributed by atoms with Gasteiger partial charge in [0.2, 0.25) is 5.91 Å². The Morgan fingerprint density at radius 1 is 1.53 bits per heavy atom. The number of amides is 1. The van der Waals surface area contributed by atoms with Crippen LogP contribution in [0.3, 0.4) is 0 Å². The first kappa shape index (κ1) is 12.0. The Morgan fingerprint density at radius 3 is 2.65 bits per heavy atom. The van der Waals surface area contributed by atoms with Crippen LogP contribution in [0.25, 0.3) is 0 Å². The molecule has 17 heavy (non-hydrogen) atoms. The highest BCUT2D eigenvalue weighted by molar-refractivity contribution is 7.80. The molecule has 1 aromatic rings. The van der Waals surface area contributed by atoms with Crippen LogP contribution in [0.5, 0.6) is 0 Å². The molecule has 5 heteroatoms. The van der Waals surface area contributed by atoms with Crippen LogP contribution < -0.4 is 11.1 Å². The zero-order valence-electron chi connectivity index (χ0n) is 9.42. The number of rotatable bonds is 3. The minimum Gasteiger partial charge on any atom is -0.392 e. The maximum Gasteiger partial charge on any atom is 0.237 e. The number of benzene rings is 1. The number of carbonyl (C=O) groups is 1. The fraction of sp³-hybridized carbons (Fsp3) is 0.333. The fourth-order valence-corrected chi connectivity index (χ4v) is 2.02. The molecular weight excluding hydrogens is 239 g/mol. The van der Waals surface area contributed by atoms with Crippen molar-refractivity contribution in [1.82, 2.24) is 0 Å². The largest absolute Gasteiger partial charge is 0.392 e. The summed E-state index contributed by atoms with van der Waals surface area (Å²) < 4.78 is 12.9. The molecule has 0 spiro atoms. The Hall–Kier alpha value is -1.49. The Bertz CT molecular complexity index is 497. The summed E-state index contributed by atoms with van der Waals surface area (Å²) >= 11 is 4.90. The second-order valence-corrected chi connectivity index (χ2v) is 4.80. The first-order valence-electron chi connectivity index (χ1n) is 5.33. The zero-order valence-corrected chi connectivity index (χ0v) is 10.2. The van der Waals surface area contributed by atoms with Gasteiger partial charge in [0, 0.05) is 5.69 Å². The molecule has 3 N–H and O–H groups in total. The third-order valence-electron chi connectivity index (χ3n) is 3.09. The van der Waals surface area contributed by atoms with Crippen LogP contribution in [-0.2, 0) is 4.79 Å². The van der Waals surface area contributed by atoms with Crippen LogP contribution in [0.1, 0.15) is 18.4 Å². The van der Waals surface area contributed by atoms with Crippen LogP contribution in [0, 0.1) is 18.2 Å². The van der Waals surface area contributed by atoms with E-state index in [0.29, 0.717) is 24.1 Å². The lowest BCUT2D eigenvalue weighted by molar-refractivity contribution is -0.118. The maximum absolute atomic E-state index is 12.9. The number of halogens is 1. The van der Waals surface area contributed by atoms with E-state index in [1.807, 2.05) is 0 Å². The Labute approximate surface area is 104 Å². The SMILES string of the molecule is Cc1cc(F)ccc1NC(=O)C1(C(N)=S)CC1. The molecule has 0 unspecified atom stereocenters. The van der Waals surface area contributed by atoms with Crippen molar-refractivity contribution in [1.29, 1.82) is 0 Å². The number of aryl methyl sites for hydroxylation is 1. The monoisotopic (exact) mass is 252 g/mol. The van der Waals surface area contributed by atoms with Gasteiger partial charge in [-0.1, -0.05) is 12.2 Å². The lowest BCUT2D eigenvalue weighted by atomic mass is 10.1. The predicted molar refractivity (Wildman–Crippen MR) is 68.2 cm³/mol. The molecule has 1 fully saturated rings. The van der Waals surface area contributed by atoms with Crippen molar-refractivity contribution in [3.8, 4) is 0 Å². The van der Waals surface area contributed by atoms with Crippen molar-refractivity contribution in [3.63, 3.8) is 0 Å². The Balaban J connectivity index is 2.17. The van der Waals surface area contributed by atoms with Gasteiger partial charge in [0.05, 0.1) is 10.4 Å². The van der Waals surface area contributed by atoms with Gasteiger partial charge in [-0.3, -0.25) is 4.79 Å². The van der Waals surface area contributed by atoms with Crippen LogP contribution >= 0.6 is 12.2 Å². The average molecular weight is 252 g/mol.